The number of hydrogen-bond acceptors (Lipinski definition) is 2. The van der Waals surface area contributed by atoms with Crippen LogP contribution >= 0.6 is 0 Å². The molecule has 0 amide bonds. The van der Waals surface area contributed by atoms with Crippen LogP contribution in [-0.2, 0) is 6.42 Å². The van der Waals surface area contributed by atoms with E-state index in [4.69, 9.17) is 10.0 Å². The van der Waals surface area contributed by atoms with Crippen molar-refractivity contribution in [2.75, 3.05) is 0 Å². The van der Waals surface area contributed by atoms with Crippen LogP contribution in [0.15, 0.2) is 42.5 Å². The second-order valence-electron chi connectivity index (χ2n) is 4.53. The lowest BCUT2D eigenvalue weighted by Gasteiger charge is -2.03. The summed E-state index contributed by atoms with van der Waals surface area (Å²) in [5.41, 5.74) is 3.36. The van der Waals surface area contributed by atoms with Crippen molar-refractivity contribution in [1.82, 2.24) is 4.98 Å². The van der Waals surface area contributed by atoms with Crippen LogP contribution in [0, 0.1) is 0 Å². The highest BCUT2D eigenvalue weighted by molar-refractivity contribution is 6.41. The molecule has 3 nitrogen and oxygen atoms in total. The van der Waals surface area contributed by atoms with Gasteiger partial charge in [0.2, 0.25) is 0 Å². The molecule has 90 valence electrons. The number of aryl methyl sites for hydroxylation is 1. The van der Waals surface area contributed by atoms with Crippen molar-refractivity contribution in [2.24, 2.45) is 0 Å². The van der Waals surface area contributed by atoms with E-state index in [0.717, 1.165) is 16.6 Å². The van der Waals surface area contributed by atoms with Gasteiger partial charge in [-0.15, -0.1) is 0 Å². The Hall–Kier alpha value is -1.78. The van der Waals surface area contributed by atoms with E-state index in [9.17, 15) is 0 Å². The number of aromatic amines is 1. The second kappa shape index (κ2) is 4.48. The fourth-order valence-corrected chi connectivity index (χ4v) is 2.47. The molecule has 1 aromatic heterocycles. The van der Waals surface area contributed by atoms with Gasteiger partial charge in [0.25, 0.3) is 0 Å². The molecular formula is C14H14BNO2. The summed E-state index contributed by atoms with van der Waals surface area (Å²) in [7, 11) is -1.24. The number of hydrogen-bond donors (Lipinski definition) is 3. The first kappa shape index (κ1) is 11.3. The van der Waals surface area contributed by atoms with Crippen molar-refractivity contribution in [3.05, 3.63) is 48.0 Å². The quantitative estimate of drug-likeness (QED) is 0.614. The first-order valence-electron chi connectivity index (χ1n) is 6.10. The Morgan fingerprint density at radius 1 is 0.944 bits per heavy atom. The predicted molar refractivity (Wildman–Crippen MR) is 74.5 cm³/mol. The van der Waals surface area contributed by atoms with Crippen molar-refractivity contribution < 1.29 is 10.0 Å². The minimum absolute atomic E-state index is 0.360. The topological polar surface area (TPSA) is 56.2 Å². The first-order chi connectivity index (χ1) is 8.75. The second-order valence-corrected chi connectivity index (χ2v) is 4.53. The third-order valence-electron chi connectivity index (χ3n) is 3.29. The molecule has 1 heterocycles. The Balaban J connectivity index is 2.18. The Morgan fingerprint density at radius 3 is 2.56 bits per heavy atom. The molecule has 0 aliphatic carbocycles. The van der Waals surface area contributed by atoms with Gasteiger partial charge in [0.15, 0.2) is 0 Å². The maximum Gasteiger partial charge on any atom is 0.451 e. The monoisotopic (exact) mass is 239 g/mol. The zero-order valence-corrected chi connectivity index (χ0v) is 9.93. The molecule has 0 saturated carbocycles. The standard InChI is InChI=1S/C14H14BNO2/c17-15(18)9-8-10-4-3-7-13-14(10)11-5-1-2-6-12(11)16-13/h1-7,16-18H,8-9H2. The van der Waals surface area contributed by atoms with E-state index in [1.165, 1.54) is 10.8 Å². The van der Waals surface area contributed by atoms with Gasteiger partial charge in [0, 0.05) is 21.8 Å². The summed E-state index contributed by atoms with van der Waals surface area (Å²) in [5, 5.41) is 20.4. The van der Waals surface area contributed by atoms with E-state index in [1.807, 2.05) is 30.3 Å². The van der Waals surface area contributed by atoms with Crippen molar-refractivity contribution in [2.45, 2.75) is 12.7 Å². The van der Waals surface area contributed by atoms with Crippen LogP contribution in [-0.4, -0.2) is 22.2 Å². The molecule has 2 aromatic carbocycles. The number of fused-ring (bicyclic) bond motifs is 3. The normalized spacial score (nSPS) is 11.2. The largest absolute Gasteiger partial charge is 0.451 e. The zero-order valence-electron chi connectivity index (χ0n) is 9.93. The van der Waals surface area contributed by atoms with Gasteiger partial charge in [0.1, 0.15) is 0 Å². The summed E-state index contributed by atoms with van der Waals surface area (Å²) < 4.78 is 0. The predicted octanol–water partition coefficient (Wildman–Crippen LogP) is 2.34. The fraction of sp³-hybridized carbons (Fsp3) is 0.143. The lowest BCUT2D eigenvalue weighted by molar-refractivity contribution is 0.405. The van der Waals surface area contributed by atoms with Crippen molar-refractivity contribution in [3.8, 4) is 0 Å². The Morgan fingerprint density at radius 2 is 1.72 bits per heavy atom. The molecule has 3 aromatic rings. The molecule has 4 heteroatoms. The van der Waals surface area contributed by atoms with Crippen LogP contribution in [0.2, 0.25) is 6.32 Å². The highest BCUT2D eigenvalue weighted by Gasteiger charge is 2.11. The van der Waals surface area contributed by atoms with E-state index in [-0.39, 0.29) is 0 Å². The molecular weight excluding hydrogens is 225 g/mol. The molecule has 3 rings (SSSR count). The van der Waals surface area contributed by atoms with Crippen LogP contribution in [0.4, 0.5) is 0 Å². The first-order valence-corrected chi connectivity index (χ1v) is 6.10. The Kier molecular flexibility index (Phi) is 2.82. The van der Waals surface area contributed by atoms with Gasteiger partial charge < -0.3 is 15.0 Å². The van der Waals surface area contributed by atoms with E-state index in [2.05, 4.69) is 17.1 Å². The molecule has 0 aliphatic heterocycles. The van der Waals surface area contributed by atoms with E-state index >= 15 is 0 Å². The highest BCUT2D eigenvalue weighted by Crippen LogP contribution is 2.28. The fourth-order valence-electron chi connectivity index (χ4n) is 2.47. The van der Waals surface area contributed by atoms with Gasteiger partial charge in [0.05, 0.1) is 0 Å². The number of benzene rings is 2. The zero-order chi connectivity index (χ0) is 12.5. The summed E-state index contributed by atoms with van der Waals surface area (Å²) in [5.74, 6) is 0. The van der Waals surface area contributed by atoms with Crippen LogP contribution in [0.3, 0.4) is 0 Å². The van der Waals surface area contributed by atoms with Gasteiger partial charge in [-0.3, -0.25) is 0 Å². The Bertz CT molecular complexity index is 690. The van der Waals surface area contributed by atoms with E-state index < -0.39 is 7.12 Å². The molecule has 0 aliphatic rings. The number of H-pyrrole nitrogens is 1. The van der Waals surface area contributed by atoms with Gasteiger partial charge >= 0.3 is 7.12 Å². The maximum absolute atomic E-state index is 9.00. The maximum atomic E-state index is 9.00. The average Bonchev–Trinajstić information content (AvgIpc) is 2.75. The number of para-hydroxylation sites is 1. The van der Waals surface area contributed by atoms with Gasteiger partial charge in [-0.25, -0.2) is 0 Å². The van der Waals surface area contributed by atoms with Crippen LogP contribution in [0.1, 0.15) is 5.56 Å². The van der Waals surface area contributed by atoms with E-state index in [0.29, 0.717) is 12.7 Å². The molecule has 18 heavy (non-hydrogen) atoms. The summed E-state index contributed by atoms with van der Waals surface area (Å²) in [6, 6.07) is 14.3. The molecule has 3 N–H and O–H groups in total. The molecule has 0 atom stereocenters. The lowest BCUT2D eigenvalue weighted by Crippen LogP contribution is -2.11. The SMILES string of the molecule is OB(O)CCc1cccc2[nH]c3ccccc3c12. The smallest absolute Gasteiger partial charge is 0.427 e. The molecule has 0 radical (unpaired) electrons. The Labute approximate surface area is 105 Å². The molecule has 0 saturated heterocycles. The third kappa shape index (κ3) is 1.90. The van der Waals surface area contributed by atoms with Crippen LogP contribution in [0.5, 0.6) is 0 Å². The summed E-state index contributed by atoms with van der Waals surface area (Å²) >= 11 is 0. The summed E-state index contributed by atoms with van der Waals surface area (Å²) in [6.45, 7) is 0. The molecule has 0 unspecified atom stereocenters. The minimum Gasteiger partial charge on any atom is -0.427 e. The molecule has 0 spiro atoms. The summed E-state index contributed by atoms with van der Waals surface area (Å²) in [4.78, 5) is 3.38. The van der Waals surface area contributed by atoms with E-state index in [1.54, 1.807) is 0 Å². The summed E-state index contributed by atoms with van der Waals surface area (Å²) in [6.07, 6.45) is 1.02. The van der Waals surface area contributed by atoms with Crippen molar-refractivity contribution >= 4 is 28.9 Å². The highest BCUT2D eigenvalue weighted by atomic mass is 16.4. The van der Waals surface area contributed by atoms with Crippen LogP contribution in [0.25, 0.3) is 21.8 Å². The lowest BCUT2D eigenvalue weighted by atomic mass is 9.82. The molecule has 0 bridgehead atoms. The third-order valence-corrected chi connectivity index (χ3v) is 3.29. The van der Waals surface area contributed by atoms with Gasteiger partial charge in [-0.05, 0) is 30.4 Å². The average molecular weight is 239 g/mol. The van der Waals surface area contributed by atoms with Crippen molar-refractivity contribution in [3.63, 3.8) is 0 Å². The van der Waals surface area contributed by atoms with Crippen molar-refractivity contribution in [1.29, 1.82) is 0 Å². The number of aromatic nitrogens is 1. The van der Waals surface area contributed by atoms with Crippen LogP contribution < -0.4 is 0 Å². The number of nitrogens with one attached hydrogen (secondary N) is 1. The minimum atomic E-state index is -1.24. The van der Waals surface area contributed by atoms with Gasteiger partial charge in [-0.1, -0.05) is 30.3 Å². The molecule has 0 fully saturated rings. The number of rotatable bonds is 3. The van der Waals surface area contributed by atoms with Gasteiger partial charge in [-0.2, -0.15) is 0 Å².